The average Bonchev–Trinajstić information content (AvgIpc) is 2.54. The third-order valence-electron chi connectivity index (χ3n) is 3.56. The Morgan fingerprint density at radius 2 is 1.92 bits per heavy atom. The molecule has 6 nitrogen and oxygen atoms in total. The van der Waals surface area contributed by atoms with Crippen molar-refractivity contribution in [2.75, 3.05) is 38.2 Å². The Kier molecular flexibility index (Phi) is 8.73. The number of aliphatic imine (C=N–C) groups is 1. The molecule has 142 valence electrons. The van der Waals surface area contributed by atoms with Crippen molar-refractivity contribution in [2.24, 2.45) is 10.7 Å². The van der Waals surface area contributed by atoms with Gasteiger partial charge in [-0.25, -0.2) is 0 Å². The number of ether oxygens (including phenoxy) is 2. The molecule has 0 aromatic heterocycles. The Labute approximate surface area is 161 Å². The first-order valence-electron chi connectivity index (χ1n) is 7.58. The van der Waals surface area contributed by atoms with Crippen LogP contribution < -0.4 is 15.8 Å². The summed E-state index contributed by atoms with van der Waals surface area (Å²) in [5.41, 5.74) is 6.34. The van der Waals surface area contributed by atoms with Crippen molar-refractivity contribution in [2.45, 2.75) is 19.3 Å². The van der Waals surface area contributed by atoms with Gasteiger partial charge in [-0.15, -0.1) is 37.1 Å². The largest absolute Gasteiger partial charge is 0.573 e. The number of nitrogens with two attached hydrogens (primary N) is 1. The number of nitrogens with zero attached hydrogens (tertiary/aromatic N) is 2. The molecule has 1 aliphatic heterocycles. The monoisotopic (exact) mass is 474 g/mol. The Morgan fingerprint density at radius 3 is 2.48 bits per heavy atom. The van der Waals surface area contributed by atoms with Crippen LogP contribution >= 0.6 is 24.0 Å². The molecular weight excluding hydrogens is 452 g/mol. The van der Waals surface area contributed by atoms with Crippen LogP contribution in [-0.4, -0.2) is 56.1 Å². The van der Waals surface area contributed by atoms with Crippen LogP contribution in [0.2, 0.25) is 0 Å². The molecule has 3 N–H and O–H groups in total. The van der Waals surface area contributed by atoms with Crippen LogP contribution in [0.5, 0.6) is 5.75 Å². The van der Waals surface area contributed by atoms with E-state index in [1.165, 1.54) is 24.3 Å². The molecule has 0 radical (unpaired) electrons. The van der Waals surface area contributed by atoms with E-state index in [0.29, 0.717) is 25.4 Å². The molecule has 1 unspecified atom stereocenters. The molecular formula is C15H22F3IN4O2. The van der Waals surface area contributed by atoms with Crippen LogP contribution in [0.1, 0.15) is 6.92 Å². The van der Waals surface area contributed by atoms with Gasteiger partial charge < -0.3 is 20.5 Å². The number of alkyl halides is 3. The van der Waals surface area contributed by atoms with Crippen LogP contribution in [0.25, 0.3) is 0 Å². The van der Waals surface area contributed by atoms with Gasteiger partial charge in [0.05, 0.1) is 19.8 Å². The molecule has 1 aromatic rings. The van der Waals surface area contributed by atoms with Gasteiger partial charge in [-0.1, -0.05) is 0 Å². The number of guanidine groups is 1. The summed E-state index contributed by atoms with van der Waals surface area (Å²) < 4.78 is 45.4. The van der Waals surface area contributed by atoms with Crippen LogP contribution in [0.15, 0.2) is 29.3 Å². The van der Waals surface area contributed by atoms with Crippen molar-refractivity contribution < 1.29 is 22.6 Å². The van der Waals surface area contributed by atoms with E-state index in [2.05, 4.69) is 26.9 Å². The van der Waals surface area contributed by atoms with E-state index in [1.54, 1.807) is 0 Å². The highest BCUT2D eigenvalue weighted by molar-refractivity contribution is 14.0. The molecule has 1 atom stereocenters. The second-order valence-corrected chi connectivity index (χ2v) is 5.42. The normalized spacial score (nSPS) is 17.5. The number of hydrogen-bond donors (Lipinski definition) is 2. The highest BCUT2D eigenvalue weighted by Gasteiger charge is 2.30. The van der Waals surface area contributed by atoms with Crippen molar-refractivity contribution in [1.29, 1.82) is 0 Å². The summed E-state index contributed by atoms with van der Waals surface area (Å²) in [4.78, 5) is 6.53. The van der Waals surface area contributed by atoms with E-state index in [-0.39, 0.29) is 41.7 Å². The van der Waals surface area contributed by atoms with E-state index in [0.717, 1.165) is 13.1 Å². The number of morpholine rings is 1. The maximum Gasteiger partial charge on any atom is 0.573 e. The number of anilines is 1. The van der Waals surface area contributed by atoms with Crippen LogP contribution in [0.3, 0.4) is 0 Å². The van der Waals surface area contributed by atoms with E-state index in [4.69, 9.17) is 10.5 Å². The zero-order chi connectivity index (χ0) is 17.6. The van der Waals surface area contributed by atoms with Gasteiger partial charge in [-0.3, -0.25) is 9.89 Å². The molecule has 2 rings (SSSR count). The average molecular weight is 474 g/mol. The van der Waals surface area contributed by atoms with Gasteiger partial charge in [0, 0.05) is 24.8 Å². The topological polar surface area (TPSA) is 72.1 Å². The second kappa shape index (κ2) is 10.0. The third-order valence-corrected chi connectivity index (χ3v) is 3.56. The Balaban J connectivity index is 0.00000312. The lowest BCUT2D eigenvalue weighted by Crippen LogP contribution is -2.43. The maximum atomic E-state index is 12.1. The van der Waals surface area contributed by atoms with Crippen molar-refractivity contribution in [1.82, 2.24) is 4.90 Å². The zero-order valence-electron chi connectivity index (χ0n) is 13.8. The van der Waals surface area contributed by atoms with Crippen molar-refractivity contribution in [3.05, 3.63) is 24.3 Å². The smallest absolute Gasteiger partial charge is 0.406 e. The number of halogens is 4. The first kappa shape index (κ1) is 21.8. The maximum absolute atomic E-state index is 12.1. The number of benzene rings is 1. The lowest BCUT2D eigenvalue weighted by atomic mass is 10.2. The molecule has 0 amide bonds. The van der Waals surface area contributed by atoms with Gasteiger partial charge in [0.2, 0.25) is 0 Å². The van der Waals surface area contributed by atoms with Gasteiger partial charge in [0.15, 0.2) is 5.96 Å². The van der Waals surface area contributed by atoms with Crippen LogP contribution in [-0.2, 0) is 4.74 Å². The molecule has 1 heterocycles. The first-order chi connectivity index (χ1) is 11.3. The minimum absolute atomic E-state index is 0. The van der Waals surface area contributed by atoms with E-state index >= 15 is 0 Å². The van der Waals surface area contributed by atoms with E-state index < -0.39 is 6.36 Å². The zero-order valence-corrected chi connectivity index (χ0v) is 16.1. The Bertz CT molecular complexity index is 549. The van der Waals surface area contributed by atoms with Crippen molar-refractivity contribution in [3.63, 3.8) is 0 Å². The number of nitrogens with one attached hydrogen (secondary N) is 1. The summed E-state index contributed by atoms with van der Waals surface area (Å²) >= 11 is 0. The summed E-state index contributed by atoms with van der Waals surface area (Å²) in [5.74, 6) is -0.0795. The number of hydrogen-bond acceptors (Lipinski definition) is 4. The van der Waals surface area contributed by atoms with E-state index in [1.807, 2.05) is 0 Å². The fourth-order valence-electron chi connectivity index (χ4n) is 2.29. The highest BCUT2D eigenvalue weighted by Crippen LogP contribution is 2.23. The van der Waals surface area contributed by atoms with Crippen LogP contribution in [0, 0.1) is 0 Å². The number of rotatable bonds is 5. The molecule has 0 spiro atoms. The molecule has 0 bridgehead atoms. The molecule has 1 fully saturated rings. The summed E-state index contributed by atoms with van der Waals surface area (Å²) in [6.45, 7) is 5.75. The second-order valence-electron chi connectivity index (χ2n) is 5.42. The van der Waals surface area contributed by atoms with Gasteiger partial charge in [-0.05, 0) is 31.2 Å². The fourth-order valence-corrected chi connectivity index (χ4v) is 2.29. The molecule has 0 aliphatic carbocycles. The van der Waals surface area contributed by atoms with Crippen molar-refractivity contribution in [3.8, 4) is 5.75 Å². The van der Waals surface area contributed by atoms with Gasteiger partial charge in [0.1, 0.15) is 5.75 Å². The third kappa shape index (κ3) is 8.10. The van der Waals surface area contributed by atoms with Crippen LogP contribution in [0.4, 0.5) is 18.9 Å². The molecule has 1 saturated heterocycles. The van der Waals surface area contributed by atoms with Gasteiger partial charge in [-0.2, -0.15) is 0 Å². The SMILES string of the molecule is CC(CN=C(N)Nc1ccc(OC(F)(F)F)cc1)N1CCOCC1.I. The molecule has 1 aliphatic rings. The molecule has 25 heavy (non-hydrogen) atoms. The Morgan fingerprint density at radius 1 is 1.32 bits per heavy atom. The summed E-state index contributed by atoms with van der Waals surface area (Å²) in [5, 5.41) is 2.84. The summed E-state index contributed by atoms with van der Waals surface area (Å²) in [6, 6.07) is 5.53. The first-order valence-corrected chi connectivity index (χ1v) is 7.58. The summed E-state index contributed by atoms with van der Waals surface area (Å²) in [6.07, 6.45) is -4.70. The lowest BCUT2D eigenvalue weighted by Gasteiger charge is -2.31. The summed E-state index contributed by atoms with van der Waals surface area (Å²) in [7, 11) is 0. The minimum Gasteiger partial charge on any atom is -0.406 e. The molecule has 0 saturated carbocycles. The van der Waals surface area contributed by atoms with Gasteiger partial charge >= 0.3 is 6.36 Å². The molecule has 10 heteroatoms. The van der Waals surface area contributed by atoms with Gasteiger partial charge in [0.25, 0.3) is 0 Å². The molecule has 1 aromatic carbocycles. The quantitative estimate of drug-likeness (QED) is 0.390. The predicted octanol–water partition coefficient (Wildman–Crippen LogP) is 2.65. The fraction of sp³-hybridized carbons (Fsp3) is 0.533. The van der Waals surface area contributed by atoms with E-state index in [9.17, 15) is 13.2 Å². The highest BCUT2D eigenvalue weighted by atomic mass is 127. The minimum atomic E-state index is -4.70. The van der Waals surface area contributed by atoms with Crippen molar-refractivity contribution >= 4 is 35.6 Å². The Hall–Kier alpha value is -1.27. The predicted molar refractivity (Wildman–Crippen MR) is 101 cm³/mol. The standard InChI is InChI=1S/C15H21F3N4O2.HI/c1-11(22-6-8-23-9-7-22)10-20-14(19)21-12-2-4-13(5-3-12)24-15(16,17)18;/h2-5,11H,6-10H2,1H3,(H3,19,20,21);1H. The lowest BCUT2D eigenvalue weighted by molar-refractivity contribution is -0.274.